The molecule has 0 saturated heterocycles. The summed E-state index contributed by atoms with van der Waals surface area (Å²) >= 11 is 1.62. The summed E-state index contributed by atoms with van der Waals surface area (Å²) in [4.78, 5) is 14.1. The highest BCUT2D eigenvalue weighted by atomic mass is 32.1. The van der Waals surface area contributed by atoms with E-state index in [9.17, 15) is 9.90 Å². The third kappa shape index (κ3) is 3.54. The molecule has 0 fully saturated rings. The van der Waals surface area contributed by atoms with Crippen LogP contribution in [0.3, 0.4) is 0 Å². The van der Waals surface area contributed by atoms with Crippen LogP contribution in [0.15, 0.2) is 6.07 Å². The Bertz CT molecular complexity index is 394. The Morgan fingerprint density at radius 2 is 2.00 bits per heavy atom. The minimum absolute atomic E-state index is 0.0906. The number of aryl methyl sites for hydroxylation is 2. The van der Waals surface area contributed by atoms with Gasteiger partial charge in [0.15, 0.2) is 0 Å². The maximum Gasteiger partial charge on any atom is 0.252 e. The van der Waals surface area contributed by atoms with E-state index in [0.29, 0.717) is 19.4 Å². The van der Waals surface area contributed by atoms with Crippen molar-refractivity contribution in [2.75, 3.05) is 6.54 Å². The van der Waals surface area contributed by atoms with E-state index >= 15 is 0 Å². The minimum atomic E-state index is -0.783. The number of aliphatic hydroxyl groups is 1. The smallest absolute Gasteiger partial charge is 0.252 e. The zero-order valence-corrected chi connectivity index (χ0v) is 11.8. The molecule has 1 heterocycles. The van der Waals surface area contributed by atoms with Gasteiger partial charge in [-0.1, -0.05) is 13.8 Å². The van der Waals surface area contributed by atoms with E-state index in [-0.39, 0.29) is 5.91 Å². The summed E-state index contributed by atoms with van der Waals surface area (Å²) in [6.07, 6.45) is 1.29. The number of hydrogen-bond acceptors (Lipinski definition) is 3. The van der Waals surface area contributed by atoms with Gasteiger partial charge >= 0.3 is 0 Å². The van der Waals surface area contributed by atoms with E-state index in [0.717, 1.165) is 15.3 Å². The largest absolute Gasteiger partial charge is 0.388 e. The van der Waals surface area contributed by atoms with Crippen LogP contribution in [0, 0.1) is 13.8 Å². The van der Waals surface area contributed by atoms with Crippen molar-refractivity contribution in [3.8, 4) is 0 Å². The molecular formula is C13H21NO2S. The predicted octanol–water partition coefficient (Wildman–Crippen LogP) is 2.65. The molecule has 0 bridgehead atoms. The van der Waals surface area contributed by atoms with Gasteiger partial charge in [0.05, 0.1) is 11.2 Å². The van der Waals surface area contributed by atoms with Gasteiger partial charge < -0.3 is 10.4 Å². The Morgan fingerprint density at radius 1 is 1.41 bits per heavy atom. The lowest BCUT2D eigenvalue weighted by atomic mass is 9.97. The number of carbonyl (C=O) groups is 1. The van der Waals surface area contributed by atoms with Crippen molar-refractivity contribution in [1.82, 2.24) is 5.32 Å². The van der Waals surface area contributed by atoms with Gasteiger partial charge in [-0.2, -0.15) is 0 Å². The molecular weight excluding hydrogens is 234 g/mol. The van der Waals surface area contributed by atoms with Crippen LogP contribution in [0.4, 0.5) is 0 Å². The molecule has 0 aromatic carbocycles. The van der Waals surface area contributed by atoms with Crippen molar-refractivity contribution >= 4 is 17.2 Å². The lowest BCUT2D eigenvalue weighted by molar-refractivity contribution is 0.0314. The highest BCUT2D eigenvalue weighted by Crippen LogP contribution is 2.20. The SMILES string of the molecule is CCC(O)(CC)CNC(=O)c1cc(C)sc1C. The number of carbonyl (C=O) groups excluding carboxylic acids is 1. The van der Waals surface area contributed by atoms with E-state index < -0.39 is 5.60 Å². The molecule has 1 aromatic rings. The van der Waals surface area contributed by atoms with E-state index in [1.165, 1.54) is 0 Å². The van der Waals surface area contributed by atoms with Gasteiger partial charge in [-0.3, -0.25) is 4.79 Å². The van der Waals surface area contributed by atoms with Gasteiger partial charge in [0.2, 0.25) is 0 Å². The highest BCUT2D eigenvalue weighted by molar-refractivity contribution is 7.12. The van der Waals surface area contributed by atoms with Crippen LogP contribution in [0.25, 0.3) is 0 Å². The molecule has 96 valence electrons. The fourth-order valence-corrected chi connectivity index (χ4v) is 2.62. The summed E-state index contributed by atoms with van der Waals surface area (Å²) < 4.78 is 0. The third-order valence-corrected chi connectivity index (χ3v) is 4.15. The maximum atomic E-state index is 11.9. The molecule has 3 nitrogen and oxygen atoms in total. The molecule has 0 aliphatic heterocycles. The summed E-state index contributed by atoms with van der Waals surface area (Å²) in [5.74, 6) is -0.0906. The molecule has 0 atom stereocenters. The van der Waals surface area contributed by atoms with E-state index in [1.54, 1.807) is 11.3 Å². The molecule has 0 saturated carbocycles. The Balaban J connectivity index is 2.65. The molecule has 0 aliphatic rings. The Kier molecular flexibility index (Phi) is 4.71. The van der Waals surface area contributed by atoms with Gasteiger partial charge in [-0.25, -0.2) is 0 Å². The number of nitrogens with one attached hydrogen (secondary N) is 1. The highest BCUT2D eigenvalue weighted by Gasteiger charge is 2.23. The molecule has 0 unspecified atom stereocenters. The van der Waals surface area contributed by atoms with E-state index in [1.807, 2.05) is 33.8 Å². The number of hydrogen-bond donors (Lipinski definition) is 2. The summed E-state index contributed by atoms with van der Waals surface area (Å²) in [7, 11) is 0. The lowest BCUT2D eigenvalue weighted by Gasteiger charge is -2.25. The Hall–Kier alpha value is -0.870. The normalized spacial score (nSPS) is 11.6. The number of rotatable bonds is 5. The second kappa shape index (κ2) is 5.65. The molecule has 17 heavy (non-hydrogen) atoms. The molecule has 0 radical (unpaired) electrons. The van der Waals surface area contributed by atoms with Crippen LogP contribution < -0.4 is 5.32 Å². The van der Waals surface area contributed by atoms with Gasteiger partial charge in [-0.05, 0) is 32.8 Å². The molecule has 0 spiro atoms. The van der Waals surface area contributed by atoms with Crippen molar-refractivity contribution in [2.24, 2.45) is 0 Å². The molecule has 2 N–H and O–H groups in total. The molecule has 0 aliphatic carbocycles. The van der Waals surface area contributed by atoms with Crippen molar-refractivity contribution < 1.29 is 9.90 Å². The van der Waals surface area contributed by atoms with E-state index in [4.69, 9.17) is 0 Å². The van der Waals surface area contributed by atoms with Crippen LogP contribution in [-0.2, 0) is 0 Å². The second-order valence-corrected chi connectivity index (χ2v) is 5.90. The average Bonchev–Trinajstić information content (AvgIpc) is 2.65. The summed E-state index contributed by atoms with van der Waals surface area (Å²) in [5.41, 5.74) is -0.0590. The zero-order chi connectivity index (χ0) is 13.1. The summed E-state index contributed by atoms with van der Waals surface area (Å²) in [6, 6.07) is 1.90. The van der Waals surface area contributed by atoms with Crippen LogP contribution in [-0.4, -0.2) is 23.2 Å². The van der Waals surface area contributed by atoms with Gasteiger partial charge in [0, 0.05) is 16.3 Å². The first-order valence-electron chi connectivity index (χ1n) is 5.99. The lowest BCUT2D eigenvalue weighted by Crippen LogP contribution is -2.42. The quantitative estimate of drug-likeness (QED) is 0.849. The van der Waals surface area contributed by atoms with Crippen LogP contribution in [0.5, 0.6) is 0 Å². The summed E-state index contributed by atoms with van der Waals surface area (Å²) in [6.45, 7) is 8.10. The third-order valence-electron chi connectivity index (χ3n) is 3.18. The topological polar surface area (TPSA) is 49.3 Å². The fourth-order valence-electron chi connectivity index (χ4n) is 1.70. The second-order valence-electron chi connectivity index (χ2n) is 4.44. The van der Waals surface area contributed by atoms with Gasteiger partial charge in [0.1, 0.15) is 0 Å². The summed E-state index contributed by atoms with van der Waals surface area (Å²) in [5, 5.41) is 12.9. The van der Waals surface area contributed by atoms with Crippen LogP contribution >= 0.6 is 11.3 Å². The first kappa shape index (κ1) is 14.2. The number of amides is 1. The van der Waals surface area contributed by atoms with Crippen molar-refractivity contribution in [2.45, 2.75) is 46.1 Å². The molecule has 1 aromatic heterocycles. The predicted molar refractivity (Wildman–Crippen MR) is 71.7 cm³/mol. The minimum Gasteiger partial charge on any atom is -0.388 e. The molecule has 1 amide bonds. The molecule has 1 rings (SSSR count). The average molecular weight is 255 g/mol. The first-order valence-corrected chi connectivity index (χ1v) is 6.81. The fraction of sp³-hybridized carbons (Fsp3) is 0.615. The Labute approximate surface area is 107 Å². The maximum absolute atomic E-state index is 11.9. The van der Waals surface area contributed by atoms with Crippen molar-refractivity contribution in [3.63, 3.8) is 0 Å². The van der Waals surface area contributed by atoms with Crippen molar-refractivity contribution in [1.29, 1.82) is 0 Å². The van der Waals surface area contributed by atoms with Crippen LogP contribution in [0.1, 0.15) is 46.8 Å². The first-order chi connectivity index (χ1) is 7.91. The Morgan fingerprint density at radius 3 is 2.41 bits per heavy atom. The van der Waals surface area contributed by atoms with Crippen LogP contribution in [0.2, 0.25) is 0 Å². The standard InChI is InChI=1S/C13H21NO2S/c1-5-13(16,6-2)8-14-12(15)11-7-9(3)17-10(11)4/h7,16H,5-6,8H2,1-4H3,(H,14,15). The zero-order valence-electron chi connectivity index (χ0n) is 11.0. The number of thiophene rings is 1. The van der Waals surface area contributed by atoms with Gasteiger partial charge in [-0.15, -0.1) is 11.3 Å². The molecule has 4 heteroatoms. The van der Waals surface area contributed by atoms with Crippen molar-refractivity contribution in [3.05, 3.63) is 21.4 Å². The van der Waals surface area contributed by atoms with Gasteiger partial charge in [0.25, 0.3) is 5.91 Å². The van der Waals surface area contributed by atoms with E-state index in [2.05, 4.69) is 5.32 Å². The monoisotopic (exact) mass is 255 g/mol.